The fourth-order valence-electron chi connectivity index (χ4n) is 2.46. The molecular formula is C20H20Cl2F3N3O3. The Kier molecular flexibility index (Phi) is 8.41. The van der Waals surface area contributed by atoms with Crippen molar-refractivity contribution in [3.05, 3.63) is 58.1 Å². The lowest BCUT2D eigenvalue weighted by Crippen LogP contribution is -2.51. The molecule has 0 heterocycles. The largest absolute Gasteiger partial charge is 0.482 e. The first kappa shape index (κ1) is 24.6. The average Bonchev–Trinajstić information content (AvgIpc) is 2.69. The van der Waals surface area contributed by atoms with E-state index in [1.54, 1.807) is 38.1 Å². The number of carbonyl (C=O) groups is 2. The van der Waals surface area contributed by atoms with Crippen LogP contribution >= 0.6 is 23.2 Å². The average molecular weight is 478 g/mol. The van der Waals surface area contributed by atoms with Gasteiger partial charge in [0, 0.05) is 0 Å². The number of benzene rings is 2. The van der Waals surface area contributed by atoms with Crippen LogP contribution in [0.15, 0.2) is 42.5 Å². The standard InChI is InChI=1S/C20H20Cl2F3N3O3/c1-11(2)18(26-15-8-7-12(9-14(15)22)20(23,24)25)19(30)28-27-17(29)10-31-16-6-4-3-5-13(16)21/h3-9,11,18,26H,10H2,1-2H3,(H,27,29)(H,28,30). The van der Waals surface area contributed by atoms with Gasteiger partial charge in [0.25, 0.3) is 11.8 Å². The molecule has 2 amide bonds. The van der Waals surface area contributed by atoms with Crippen molar-refractivity contribution in [1.82, 2.24) is 10.9 Å². The number of nitrogens with one attached hydrogen (secondary N) is 3. The molecule has 0 spiro atoms. The van der Waals surface area contributed by atoms with Crippen LogP contribution in [-0.4, -0.2) is 24.5 Å². The maximum Gasteiger partial charge on any atom is 0.416 e. The summed E-state index contributed by atoms with van der Waals surface area (Å²) in [7, 11) is 0. The Morgan fingerprint density at radius 3 is 2.29 bits per heavy atom. The smallest absolute Gasteiger partial charge is 0.416 e. The molecule has 0 aliphatic rings. The third-order valence-corrected chi connectivity index (χ3v) is 4.70. The van der Waals surface area contributed by atoms with E-state index in [0.717, 1.165) is 18.2 Å². The zero-order chi connectivity index (χ0) is 23.2. The van der Waals surface area contributed by atoms with Crippen molar-refractivity contribution < 1.29 is 27.5 Å². The van der Waals surface area contributed by atoms with Crippen LogP contribution in [0.1, 0.15) is 19.4 Å². The minimum atomic E-state index is -4.53. The van der Waals surface area contributed by atoms with Crippen LogP contribution in [0.5, 0.6) is 5.75 Å². The summed E-state index contributed by atoms with van der Waals surface area (Å²) in [6.45, 7) is 3.05. The molecule has 0 aliphatic carbocycles. The zero-order valence-corrected chi connectivity index (χ0v) is 18.0. The van der Waals surface area contributed by atoms with Gasteiger partial charge in [0.05, 0.1) is 21.3 Å². The number of para-hydroxylation sites is 1. The molecule has 31 heavy (non-hydrogen) atoms. The van der Waals surface area contributed by atoms with E-state index in [9.17, 15) is 22.8 Å². The van der Waals surface area contributed by atoms with Gasteiger partial charge in [-0.3, -0.25) is 20.4 Å². The van der Waals surface area contributed by atoms with Crippen molar-refractivity contribution in [3.8, 4) is 5.75 Å². The molecule has 0 radical (unpaired) electrons. The van der Waals surface area contributed by atoms with Gasteiger partial charge >= 0.3 is 6.18 Å². The Bertz CT molecular complexity index is 939. The summed E-state index contributed by atoms with van der Waals surface area (Å²) in [6, 6.07) is 8.46. The summed E-state index contributed by atoms with van der Waals surface area (Å²) in [6.07, 6.45) is -4.53. The van der Waals surface area contributed by atoms with E-state index in [1.165, 1.54) is 0 Å². The van der Waals surface area contributed by atoms with E-state index in [2.05, 4.69) is 16.2 Å². The van der Waals surface area contributed by atoms with Crippen molar-refractivity contribution in [2.75, 3.05) is 11.9 Å². The van der Waals surface area contributed by atoms with Gasteiger partial charge in [-0.1, -0.05) is 49.2 Å². The summed E-state index contributed by atoms with van der Waals surface area (Å²) in [5.41, 5.74) is 3.71. The van der Waals surface area contributed by atoms with Crippen LogP contribution < -0.4 is 20.9 Å². The highest BCUT2D eigenvalue weighted by molar-refractivity contribution is 6.33. The van der Waals surface area contributed by atoms with Crippen LogP contribution in [0.2, 0.25) is 10.0 Å². The Morgan fingerprint density at radius 2 is 1.71 bits per heavy atom. The van der Waals surface area contributed by atoms with Gasteiger partial charge < -0.3 is 10.1 Å². The second-order valence-corrected chi connectivity index (χ2v) is 7.63. The highest BCUT2D eigenvalue weighted by Gasteiger charge is 2.31. The third-order valence-electron chi connectivity index (χ3n) is 4.08. The first-order chi connectivity index (χ1) is 14.5. The van der Waals surface area contributed by atoms with Crippen molar-refractivity contribution in [3.63, 3.8) is 0 Å². The fourth-order valence-corrected chi connectivity index (χ4v) is 2.89. The molecule has 11 heteroatoms. The number of hydrogen-bond donors (Lipinski definition) is 3. The Hall–Kier alpha value is -2.65. The number of rotatable bonds is 7. The lowest BCUT2D eigenvalue weighted by molar-refractivity contribution is -0.137. The van der Waals surface area contributed by atoms with Crippen LogP contribution in [-0.2, 0) is 15.8 Å². The summed E-state index contributed by atoms with van der Waals surface area (Å²) in [5, 5.41) is 2.94. The molecule has 2 aromatic carbocycles. The SMILES string of the molecule is CC(C)C(Nc1ccc(C(F)(F)F)cc1Cl)C(=O)NNC(=O)COc1ccccc1Cl. The number of hydrogen-bond acceptors (Lipinski definition) is 4. The van der Waals surface area contributed by atoms with Crippen molar-refractivity contribution in [2.45, 2.75) is 26.1 Å². The van der Waals surface area contributed by atoms with E-state index in [4.69, 9.17) is 27.9 Å². The Morgan fingerprint density at radius 1 is 1.03 bits per heavy atom. The quantitative estimate of drug-likeness (QED) is 0.506. The van der Waals surface area contributed by atoms with E-state index < -0.39 is 36.2 Å². The summed E-state index contributed by atoms with van der Waals surface area (Å²) in [5.74, 6) is -1.22. The van der Waals surface area contributed by atoms with Gasteiger partial charge in [0.2, 0.25) is 0 Å². The number of alkyl halides is 3. The number of ether oxygens (including phenoxy) is 1. The minimum Gasteiger partial charge on any atom is -0.482 e. The number of hydrazine groups is 1. The maximum absolute atomic E-state index is 12.8. The van der Waals surface area contributed by atoms with Gasteiger partial charge in [-0.05, 0) is 36.2 Å². The molecule has 1 unspecified atom stereocenters. The first-order valence-corrected chi connectivity index (χ1v) is 9.84. The van der Waals surface area contributed by atoms with Gasteiger partial charge in [-0.15, -0.1) is 0 Å². The molecule has 0 saturated carbocycles. The van der Waals surface area contributed by atoms with Crippen molar-refractivity contribution in [1.29, 1.82) is 0 Å². The van der Waals surface area contributed by atoms with E-state index in [1.807, 2.05) is 0 Å². The molecule has 168 valence electrons. The van der Waals surface area contributed by atoms with Gasteiger partial charge in [-0.25, -0.2) is 0 Å². The first-order valence-electron chi connectivity index (χ1n) is 9.08. The molecule has 2 aromatic rings. The van der Waals surface area contributed by atoms with Crippen LogP contribution in [0.3, 0.4) is 0 Å². The molecule has 6 nitrogen and oxygen atoms in total. The third kappa shape index (κ3) is 7.22. The summed E-state index contributed by atoms with van der Waals surface area (Å²) in [4.78, 5) is 24.4. The molecule has 0 aliphatic heterocycles. The van der Waals surface area contributed by atoms with Crippen LogP contribution in [0.25, 0.3) is 0 Å². The highest BCUT2D eigenvalue weighted by Crippen LogP contribution is 2.34. The molecule has 2 rings (SSSR count). The number of anilines is 1. The lowest BCUT2D eigenvalue weighted by atomic mass is 10.0. The molecule has 0 fully saturated rings. The monoisotopic (exact) mass is 477 g/mol. The van der Waals surface area contributed by atoms with Gasteiger partial charge in [0.1, 0.15) is 11.8 Å². The predicted octanol–water partition coefficient (Wildman–Crippen LogP) is 4.68. The molecule has 3 N–H and O–H groups in total. The Labute approximate surface area is 187 Å². The molecule has 0 aromatic heterocycles. The molecule has 0 bridgehead atoms. The maximum atomic E-state index is 12.8. The molecular weight excluding hydrogens is 458 g/mol. The molecule has 1 atom stereocenters. The normalized spacial score (nSPS) is 12.3. The van der Waals surface area contributed by atoms with E-state index in [-0.39, 0.29) is 16.6 Å². The predicted molar refractivity (Wildman–Crippen MR) is 112 cm³/mol. The second kappa shape index (κ2) is 10.6. The van der Waals surface area contributed by atoms with Gasteiger partial charge in [-0.2, -0.15) is 13.2 Å². The topological polar surface area (TPSA) is 79.5 Å². The van der Waals surface area contributed by atoms with E-state index in [0.29, 0.717) is 10.8 Å². The molecule has 0 saturated heterocycles. The van der Waals surface area contributed by atoms with E-state index >= 15 is 0 Å². The zero-order valence-electron chi connectivity index (χ0n) is 16.5. The number of halogens is 5. The van der Waals surface area contributed by atoms with Crippen LogP contribution in [0.4, 0.5) is 18.9 Å². The van der Waals surface area contributed by atoms with Gasteiger partial charge in [0.15, 0.2) is 6.61 Å². The number of amides is 2. The summed E-state index contributed by atoms with van der Waals surface area (Å²) < 4.78 is 43.6. The van der Waals surface area contributed by atoms with Crippen molar-refractivity contribution >= 4 is 40.7 Å². The highest BCUT2D eigenvalue weighted by atomic mass is 35.5. The summed E-state index contributed by atoms with van der Waals surface area (Å²) >= 11 is 11.9. The second-order valence-electron chi connectivity index (χ2n) is 6.81. The van der Waals surface area contributed by atoms with Crippen molar-refractivity contribution in [2.24, 2.45) is 5.92 Å². The Balaban J connectivity index is 1.95. The lowest BCUT2D eigenvalue weighted by Gasteiger charge is -2.23. The number of carbonyl (C=O) groups excluding carboxylic acids is 2. The minimum absolute atomic E-state index is 0.150. The fraction of sp³-hybridized carbons (Fsp3) is 0.300. The van der Waals surface area contributed by atoms with Crippen LogP contribution in [0, 0.1) is 5.92 Å².